The van der Waals surface area contributed by atoms with E-state index >= 15 is 0 Å². The fourth-order valence-corrected chi connectivity index (χ4v) is 3.29. The first kappa shape index (κ1) is 16.9. The average Bonchev–Trinajstić information content (AvgIpc) is 2.44. The van der Waals surface area contributed by atoms with Gasteiger partial charge in [-0.1, -0.05) is 34.1 Å². The van der Waals surface area contributed by atoms with Crippen molar-refractivity contribution >= 4 is 0 Å². The summed E-state index contributed by atoms with van der Waals surface area (Å²) in [7, 11) is 0. The molecule has 0 aromatic carbocycles. The first-order chi connectivity index (χ1) is 8.95. The average molecular weight is 270 g/mol. The van der Waals surface area contributed by atoms with E-state index in [-0.39, 0.29) is 11.1 Å². The zero-order valence-electron chi connectivity index (χ0n) is 13.7. The van der Waals surface area contributed by atoms with Gasteiger partial charge in [-0.3, -0.25) is 4.90 Å². The summed E-state index contributed by atoms with van der Waals surface area (Å²) >= 11 is 0. The minimum atomic E-state index is 0.000489. The maximum absolute atomic E-state index is 6.21. The quantitative estimate of drug-likeness (QED) is 0.773. The van der Waals surface area contributed by atoms with Crippen LogP contribution in [0.25, 0.3) is 0 Å². The fraction of sp³-hybridized carbons (Fsp3) is 1.00. The van der Waals surface area contributed by atoms with Crippen LogP contribution in [0.4, 0.5) is 0 Å². The lowest BCUT2D eigenvalue weighted by Crippen LogP contribution is -2.61. The van der Waals surface area contributed by atoms with E-state index in [0.717, 1.165) is 51.4 Å². The molecule has 114 valence electrons. The number of nitrogens with zero attached hydrogens (tertiary/aromatic N) is 1. The zero-order chi connectivity index (χ0) is 14.5. The molecule has 1 aliphatic heterocycles. The van der Waals surface area contributed by atoms with Crippen LogP contribution in [0.15, 0.2) is 0 Å². The first-order valence-corrected chi connectivity index (χ1v) is 8.04. The van der Waals surface area contributed by atoms with Gasteiger partial charge in [-0.25, -0.2) is 0 Å². The number of hydrogen-bond acceptors (Lipinski definition) is 3. The van der Waals surface area contributed by atoms with Crippen molar-refractivity contribution < 1.29 is 4.74 Å². The van der Waals surface area contributed by atoms with E-state index in [1.165, 1.54) is 6.42 Å². The number of nitrogens with two attached hydrogens (primary N) is 1. The third-order valence-corrected chi connectivity index (χ3v) is 5.13. The van der Waals surface area contributed by atoms with Crippen molar-refractivity contribution in [2.75, 3.05) is 26.2 Å². The molecule has 3 heteroatoms. The predicted octanol–water partition coefficient (Wildman–Crippen LogP) is 3.03. The Bertz CT molecular complexity index is 271. The van der Waals surface area contributed by atoms with Crippen molar-refractivity contribution in [2.45, 2.75) is 71.4 Å². The topological polar surface area (TPSA) is 38.5 Å². The van der Waals surface area contributed by atoms with E-state index in [9.17, 15) is 0 Å². The highest BCUT2D eigenvalue weighted by Crippen LogP contribution is 2.38. The predicted molar refractivity (Wildman–Crippen MR) is 82.4 cm³/mol. The van der Waals surface area contributed by atoms with Crippen LogP contribution in [0.2, 0.25) is 0 Å². The highest BCUT2D eigenvalue weighted by atomic mass is 16.5. The Labute approximate surface area is 119 Å². The van der Waals surface area contributed by atoms with E-state index in [1.807, 2.05) is 0 Å². The largest absolute Gasteiger partial charge is 0.375 e. The molecule has 3 nitrogen and oxygen atoms in total. The van der Waals surface area contributed by atoms with Gasteiger partial charge in [0.05, 0.1) is 5.60 Å². The van der Waals surface area contributed by atoms with Crippen LogP contribution in [0, 0.1) is 5.92 Å². The fourth-order valence-electron chi connectivity index (χ4n) is 3.29. The van der Waals surface area contributed by atoms with E-state index in [0.29, 0.717) is 0 Å². The number of ether oxygens (including phenoxy) is 1. The van der Waals surface area contributed by atoms with Crippen LogP contribution >= 0.6 is 0 Å². The van der Waals surface area contributed by atoms with Crippen LogP contribution in [-0.2, 0) is 4.74 Å². The molecule has 0 saturated carbocycles. The lowest BCUT2D eigenvalue weighted by atomic mass is 9.77. The summed E-state index contributed by atoms with van der Waals surface area (Å²) in [5.41, 5.74) is 6.35. The van der Waals surface area contributed by atoms with Crippen molar-refractivity contribution in [3.05, 3.63) is 0 Å². The molecular formula is C16H34N2O. The monoisotopic (exact) mass is 270 g/mol. The maximum Gasteiger partial charge on any atom is 0.0670 e. The molecule has 1 saturated heterocycles. The Morgan fingerprint density at radius 2 is 2.00 bits per heavy atom. The molecule has 0 aromatic heterocycles. The molecule has 1 fully saturated rings. The minimum Gasteiger partial charge on any atom is -0.375 e. The molecule has 19 heavy (non-hydrogen) atoms. The standard InChI is InChI=1S/C16H34N2O/c1-6-14(4)11-18(8-3)16(13-17)9-10-19-15(5,7-2)12-16/h14H,6-13,17H2,1-5H3. The Kier molecular flexibility index (Phi) is 6.28. The molecule has 1 rings (SSSR count). The lowest BCUT2D eigenvalue weighted by Gasteiger charge is -2.52. The molecule has 3 atom stereocenters. The van der Waals surface area contributed by atoms with Crippen molar-refractivity contribution in [3.63, 3.8) is 0 Å². The zero-order valence-corrected chi connectivity index (χ0v) is 13.7. The Morgan fingerprint density at radius 3 is 2.47 bits per heavy atom. The molecular weight excluding hydrogens is 236 g/mol. The van der Waals surface area contributed by atoms with E-state index in [1.54, 1.807) is 0 Å². The van der Waals surface area contributed by atoms with Gasteiger partial charge in [0.1, 0.15) is 0 Å². The highest BCUT2D eigenvalue weighted by Gasteiger charge is 2.44. The second-order valence-electron chi connectivity index (χ2n) is 6.56. The van der Waals surface area contributed by atoms with Crippen LogP contribution in [0.3, 0.4) is 0 Å². The van der Waals surface area contributed by atoms with Gasteiger partial charge >= 0.3 is 0 Å². The molecule has 1 aliphatic rings. The van der Waals surface area contributed by atoms with Crippen LogP contribution in [0.5, 0.6) is 0 Å². The summed E-state index contributed by atoms with van der Waals surface area (Å²) in [4.78, 5) is 2.62. The number of rotatable bonds is 7. The number of hydrogen-bond donors (Lipinski definition) is 1. The Hall–Kier alpha value is -0.120. The molecule has 2 N–H and O–H groups in total. The van der Waals surface area contributed by atoms with Gasteiger partial charge in [-0.05, 0) is 38.6 Å². The van der Waals surface area contributed by atoms with Gasteiger partial charge < -0.3 is 10.5 Å². The lowest BCUT2D eigenvalue weighted by molar-refractivity contribution is -0.130. The summed E-state index contributed by atoms with van der Waals surface area (Å²) in [5.74, 6) is 0.735. The van der Waals surface area contributed by atoms with Gasteiger partial charge in [0.25, 0.3) is 0 Å². The molecule has 0 aromatic rings. The maximum atomic E-state index is 6.21. The highest BCUT2D eigenvalue weighted by molar-refractivity contribution is 5.00. The molecule has 0 spiro atoms. The summed E-state index contributed by atoms with van der Waals surface area (Å²) in [6.07, 6.45) is 4.44. The van der Waals surface area contributed by atoms with Crippen LogP contribution in [0.1, 0.15) is 60.3 Å². The molecule has 1 heterocycles. The summed E-state index contributed by atoms with van der Waals surface area (Å²) in [5, 5.41) is 0. The van der Waals surface area contributed by atoms with Crippen molar-refractivity contribution in [3.8, 4) is 0 Å². The smallest absolute Gasteiger partial charge is 0.0670 e. The van der Waals surface area contributed by atoms with Gasteiger partial charge in [-0.2, -0.15) is 0 Å². The van der Waals surface area contributed by atoms with Crippen molar-refractivity contribution in [1.82, 2.24) is 4.90 Å². The molecule has 0 aliphatic carbocycles. The Balaban J connectivity index is 2.87. The molecule has 0 amide bonds. The Morgan fingerprint density at radius 1 is 1.32 bits per heavy atom. The second kappa shape index (κ2) is 7.05. The van der Waals surface area contributed by atoms with Gasteiger partial charge in [0.2, 0.25) is 0 Å². The normalized spacial score (nSPS) is 33.6. The van der Waals surface area contributed by atoms with Crippen molar-refractivity contribution in [1.29, 1.82) is 0 Å². The van der Waals surface area contributed by atoms with Crippen LogP contribution in [-0.4, -0.2) is 42.3 Å². The summed E-state index contributed by atoms with van der Waals surface area (Å²) in [6, 6.07) is 0. The van der Waals surface area contributed by atoms with Crippen LogP contribution < -0.4 is 5.73 Å². The second-order valence-corrected chi connectivity index (χ2v) is 6.56. The summed E-state index contributed by atoms with van der Waals surface area (Å²) < 4.78 is 6.02. The molecule has 0 bridgehead atoms. The minimum absolute atomic E-state index is 0.000489. The van der Waals surface area contributed by atoms with E-state index < -0.39 is 0 Å². The van der Waals surface area contributed by atoms with Gasteiger partial charge in [0.15, 0.2) is 0 Å². The van der Waals surface area contributed by atoms with Gasteiger partial charge in [-0.15, -0.1) is 0 Å². The third kappa shape index (κ3) is 3.93. The molecule has 0 radical (unpaired) electrons. The molecule has 3 unspecified atom stereocenters. The summed E-state index contributed by atoms with van der Waals surface area (Å²) in [6.45, 7) is 15.2. The first-order valence-electron chi connectivity index (χ1n) is 8.04. The SMILES string of the molecule is CCC(C)CN(CC)C1(CN)CCOC(C)(CC)C1. The van der Waals surface area contributed by atoms with Gasteiger partial charge in [0, 0.05) is 25.2 Å². The number of likely N-dealkylation sites (N-methyl/N-ethyl adjacent to an activating group) is 1. The third-order valence-electron chi connectivity index (χ3n) is 5.13. The van der Waals surface area contributed by atoms with Crippen molar-refractivity contribution in [2.24, 2.45) is 11.7 Å². The van der Waals surface area contributed by atoms with E-state index in [4.69, 9.17) is 10.5 Å². The van der Waals surface area contributed by atoms with E-state index in [2.05, 4.69) is 39.5 Å².